The van der Waals surface area contributed by atoms with E-state index in [1.807, 2.05) is 4.90 Å². The van der Waals surface area contributed by atoms with E-state index >= 15 is 0 Å². The Hall–Kier alpha value is -1.88. The van der Waals surface area contributed by atoms with Crippen molar-refractivity contribution in [3.63, 3.8) is 0 Å². The Labute approximate surface area is 179 Å². The lowest BCUT2D eigenvalue weighted by Gasteiger charge is -2.43. The van der Waals surface area contributed by atoms with Crippen LogP contribution in [0.25, 0.3) is 0 Å². The Kier molecular flexibility index (Phi) is 3.97. The van der Waals surface area contributed by atoms with E-state index in [0.29, 0.717) is 18.4 Å². The van der Waals surface area contributed by atoms with Gasteiger partial charge >= 0.3 is 0 Å². The summed E-state index contributed by atoms with van der Waals surface area (Å²) in [6.45, 7) is 2.66. The number of amides is 2. The van der Waals surface area contributed by atoms with Gasteiger partial charge < -0.3 is 10.6 Å². The largest absolute Gasteiger partial charge is 0.369 e. The number of nitrogens with zero attached hydrogens (tertiary/aromatic N) is 2. The summed E-state index contributed by atoms with van der Waals surface area (Å²) in [5.74, 6) is 0.523. The van der Waals surface area contributed by atoms with Crippen LogP contribution in [0.15, 0.2) is 30.3 Å². The van der Waals surface area contributed by atoms with Gasteiger partial charge in [0.25, 0.3) is 0 Å². The second-order valence-corrected chi connectivity index (χ2v) is 10.7. The molecule has 0 radical (unpaired) electrons. The highest BCUT2D eigenvalue weighted by molar-refractivity contribution is 6.07. The molecular formula is C25H33N3O2. The molecule has 1 spiro atoms. The summed E-state index contributed by atoms with van der Waals surface area (Å²) in [4.78, 5) is 29.6. The molecule has 3 saturated carbocycles. The maximum absolute atomic E-state index is 13.0. The third-order valence-corrected chi connectivity index (χ3v) is 9.43. The van der Waals surface area contributed by atoms with Crippen molar-refractivity contribution in [3.8, 4) is 0 Å². The normalized spacial score (nSPS) is 36.9. The molecule has 6 rings (SSSR count). The molecule has 1 aromatic rings. The quantitative estimate of drug-likeness (QED) is 0.582. The van der Waals surface area contributed by atoms with E-state index in [-0.39, 0.29) is 11.3 Å². The number of nitrogens with two attached hydrogens (primary N) is 1. The number of hydrogen-bond donors (Lipinski definition) is 1. The molecule has 4 atom stereocenters. The molecule has 0 aromatic heterocycles. The van der Waals surface area contributed by atoms with Crippen LogP contribution >= 0.6 is 0 Å². The lowest BCUT2D eigenvalue weighted by atomic mass is 9.70. The molecule has 2 N–H and O–H groups in total. The van der Waals surface area contributed by atoms with E-state index in [4.69, 9.17) is 5.73 Å². The average Bonchev–Trinajstić information content (AvgIpc) is 3.66. The van der Waals surface area contributed by atoms with Crippen molar-refractivity contribution < 1.29 is 9.59 Å². The van der Waals surface area contributed by atoms with E-state index < -0.39 is 11.3 Å². The Bertz CT molecular complexity index is 872. The number of piperidine rings is 1. The molecular weight excluding hydrogens is 374 g/mol. The van der Waals surface area contributed by atoms with Gasteiger partial charge in [-0.3, -0.25) is 14.5 Å². The molecule has 1 aromatic carbocycles. The van der Waals surface area contributed by atoms with Crippen LogP contribution in [-0.2, 0) is 15.0 Å². The van der Waals surface area contributed by atoms with Crippen LogP contribution in [0, 0.1) is 11.3 Å². The number of carbonyl (C=O) groups is 2. The molecule has 2 heterocycles. The summed E-state index contributed by atoms with van der Waals surface area (Å²) in [5.41, 5.74) is 6.82. The van der Waals surface area contributed by atoms with Gasteiger partial charge in [0.1, 0.15) is 5.41 Å². The lowest BCUT2D eigenvalue weighted by molar-refractivity contribution is -0.144. The Morgan fingerprint density at radius 1 is 1.03 bits per heavy atom. The smallest absolute Gasteiger partial charge is 0.238 e. The summed E-state index contributed by atoms with van der Waals surface area (Å²) >= 11 is 0. The maximum atomic E-state index is 13.0. The van der Waals surface area contributed by atoms with Crippen LogP contribution in [0.1, 0.15) is 63.4 Å². The van der Waals surface area contributed by atoms with Gasteiger partial charge in [-0.1, -0.05) is 36.8 Å². The first kappa shape index (κ1) is 18.9. The third-order valence-electron chi connectivity index (χ3n) is 9.43. The zero-order valence-corrected chi connectivity index (χ0v) is 17.8. The van der Waals surface area contributed by atoms with Crippen LogP contribution < -0.4 is 5.73 Å². The van der Waals surface area contributed by atoms with E-state index in [9.17, 15) is 9.59 Å². The fourth-order valence-corrected chi connectivity index (χ4v) is 7.19. The Morgan fingerprint density at radius 2 is 1.77 bits per heavy atom. The molecule has 160 valence electrons. The lowest BCUT2D eigenvalue weighted by Crippen LogP contribution is -2.50. The van der Waals surface area contributed by atoms with Gasteiger partial charge in [-0.05, 0) is 74.8 Å². The molecule has 30 heavy (non-hydrogen) atoms. The molecule has 3 aliphatic carbocycles. The standard InChI is InChI=1S/C25H33N3O2/c26-21(29)24(9-10-24)22(30)27-14-11-23(12-15-27,18-5-2-1-3-6-18)13-16-28-20-8-4-7-19-17-25(19,20)28/h1-3,5-6,19-20H,4,7-17H2,(H2,26,29). The van der Waals surface area contributed by atoms with E-state index in [1.54, 1.807) is 0 Å². The van der Waals surface area contributed by atoms with Crippen LogP contribution in [0.4, 0.5) is 0 Å². The van der Waals surface area contributed by atoms with Gasteiger partial charge in [0.05, 0.1) is 0 Å². The zero-order valence-electron chi connectivity index (χ0n) is 17.8. The van der Waals surface area contributed by atoms with Crippen molar-refractivity contribution in [2.75, 3.05) is 19.6 Å². The summed E-state index contributed by atoms with van der Waals surface area (Å²) < 4.78 is 0. The van der Waals surface area contributed by atoms with E-state index in [2.05, 4.69) is 35.2 Å². The van der Waals surface area contributed by atoms with Gasteiger partial charge in [-0.2, -0.15) is 0 Å². The van der Waals surface area contributed by atoms with Gasteiger partial charge in [0.2, 0.25) is 11.8 Å². The first-order valence-corrected chi connectivity index (χ1v) is 11.9. The van der Waals surface area contributed by atoms with Crippen molar-refractivity contribution in [1.29, 1.82) is 0 Å². The summed E-state index contributed by atoms with van der Waals surface area (Å²) in [7, 11) is 0. The SMILES string of the molecule is NC(=O)C1(C(=O)N2CCC(CCN3C4CCCC5CC543)(c3ccccc3)CC2)CC1. The highest BCUT2D eigenvalue weighted by atomic mass is 16.2. The van der Waals surface area contributed by atoms with Crippen molar-refractivity contribution in [3.05, 3.63) is 35.9 Å². The monoisotopic (exact) mass is 407 g/mol. The number of benzene rings is 1. The molecule has 2 amide bonds. The first-order valence-electron chi connectivity index (χ1n) is 11.9. The second-order valence-electron chi connectivity index (χ2n) is 10.7. The van der Waals surface area contributed by atoms with Crippen LogP contribution in [0.5, 0.6) is 0 Å². The molecule has 5 nitrogen and oxygen atoms in total. The average molecular weight is 408 g/mol. The molecule has 2 saturated heterocycles. The minimum atomic E-state index is -0.887. The van der Waals surface area contributed by atoms with E-state index in [1.165, 1.54) is 44.2 Å². The van der Waals surface area contributed by atoms with Crippen molar-refractivity contribution in [2.24, 2.45) is 17.1 Å². The van der Waals surface area contributed by atoms with Crippen LogP contribution in [0.2, 0.25) is 0 Å². The summed E-state index contributed by atoms with van der Waals surface area (Å²) in [5, 5.41) is 0. The third kappa shape index (κ3) is 2.57. The topological polar surface area (TPSA) is 66.4 Å². The fraction of sp³-hybridized carbons (Fsp3) is 0.680. The van der Waals surface area contributed by atoms with Crippen LogP contribution in [-0.4, -0.2) is 52.8 Å². The number of hydrogen-bond acceptors (Lipinski definition) is 3. The fourth-order valence-electron chi connectivity index (χ4n) is 7.19. The van der Waals surface area contributed by atoms with Crippen LogP contribution in [0.3, 0.4) is 0 Å². The Morgan fingerprint density at radius 3 is 2.40 bits per heavy atom. The molecule has 2 aliphatic heterocycles. The van der Waals surface area contributed by atoms with Gasteiger partial charge in [0, 0.05) is 24.7 Å². The minimum absolute atomic E-state index is 0.0201. The van der Waals surface area contributed by atoms with Crippen molar-refractivity contribution >= 4 is 11.8 Å². The zero-order chi connectivity index (χ0) is 20.6. The van der Waals surface area contributed by atoms with Crippen molar-refractivity contribution in [2.45, 2.75) is 74.8 Å². The molecule has 0 bridgehead atoms. The van der Waals surface area contributed by atoms with Crippen molar-refractivity contribution in [1.82, 2.24) is 9.80 Å². The number of rotatable bonds is 6. The Balaban J connectivity index is 1.17. The first-order chi connectivity index (χ1) is 14.5. The highest BCUT2D eigenvalue weighted by Gasteiger charge is 2.76. The van der Waals surface area contributed by atoms with Gasteiger partial charge in [-0.15, -0.1) is 0 Å². The van der Waals surface area contributed by atoms with E-state index in [0.717, 1.165) is 37.9 Å². The maximum Gasteiger partial charge on any atom is 0.238 e. The predicted octanol–water partition coefficient (Wildman–Crippen LogP) is 2.83. The molecule has 5 aliphatic rings. The summed E-state index contributed by atoms with van der Waals surface area (Å²) in [6.07, 6.45) is 10.1. The number of primary amides is 1. The highest BCUT2D eigenvalue weighted by Crippen LogP contribution is 2.70. The summed E-state index contributed by atoms with van der Waals surface area (Å²) in [6, 6.07) is 11.8. The molecule has 4 unspecified atom stereocenters. The number of likely N-dealkylation sites (tertiary alicyclic amines) is 2. The molecule has 5 heteroatoms. The predicted molar refractivity (Wildman–Crippen MR) is 115 cm³/mol. The minimum Gasteiger partial charge on any atom is -0.369 e. The van der Waals surface area contributed by atoms with Gasteiger partial charge in [-0.25, -0.2) is 0 Å². The number of carbonyl (C=O) groups excluding carboxylic acids is 2. The second kappa shape index (κ2) is 6.32. The van der Waals surface area contributed by atoms with Gasteiger partial charge in [0.15, 0.2) is 0 Å². The molecule has 5 fully saturated rings.